The van der Waals surface area contributed by atoms with Gasteiger partial charge in [0, 0.05) is 17.5 Å². The van der Waals surface area contributed by atoms with Crippen LogP contribution < -0.4 is 5.32 Å². The molecule has 1 aliphatic rings. The number of carbonyl (C=O) groups is 1. The fraction of sp³-hybridized carbons (Fsp3) is 0.308. The SMILES string of the molecule is C=CCNC(=O)C1CC1c1ccccc1Cl. The van der Waals surface area contributed by atoms with Gasteiger partial charge in [0.15, 0.2) is 0 Å². The van der Waals surface area contributed by atoms with Crippen molar-refractivity contribution in [3.8, 4) is 0 Å². The molecule has 0 spiro atoms. The van der Waals surface area contributed by atoms with Crippen molar-refractivity contribution in [2.45, 2.75) is 12.3 Å². The van der Waals surface area contributed by atoms with Crippen LogP contribution in [0.5, 0.6) is 0 Å². The molecule has 1 aromatic rings. The molecule has 0 aromatic heterocycles. The van der Waals surface area contributed by atoms with Crippen LogP contribution in [0.2, 0.25) is 5.02 Å². The van der Waals surface area contributed by atoms with Gasteiger partial charge in [-0.05, 0) is 24.0 Å². The van der Waals surface area contributed by atoms with Gasteiger partial charge in [-0.2, -0.15) is 0 Å². The minimum absolute atomic E-state index is 0.0832. The van der Waals surface area contributed by atoms with E-state index in [1.807, 2.05) is 24.3 Å². The Labute approximate surface area is 100 Å². The zero-order valence-corrected chi connectivity index (χ0v) is 9.70. The molecule has 1 saturated carbocycles. The molecular formula is C13H14ClNO. The molecule has 2 rings (SSSR count). The lowest BCUT2D eigenvalue weighted by Gasteiger charge is -2.03. The first kappa shape index (κ1) is 11.2. The van der Waals surface area contributed by atoms with Crippen LogP contribution in [0.1, 0.15) is 17.9 Å². The average Bonchev–Trinajstić information content (AvgIpc) is 3.06. The van der Waals surface area contributed by atoms with E-state index in [0.29, 0.717) is 12.5 Å². The van der Waals surface area contributed by atoms with Crippen molar-refractivity contribution in [1.29, 1.82) is 0 Å². The number of halogens is 1. The Bertz CT molecular complexity index is 416. The number of rotatable bonds is 4. The highest BCUT2D eigenvalue weighted by atomic mass is 35.5. The summed E-state index contributed by atoms with van der Waals surface area (Å²) >= 11 is 6.09. The topological polar surface area (TPSA) is 29.1 Å². The molecule has 0 heterocycles. The van der Waals surface area contributed by atoms with Crippen LogP contribution in [0.15, 0.2) is 36.9 Å². The van der Waals surface area contributed by atoms with E-state index in [1.54, 1.807) is 6.08 Å². The zero-order chi connectivity index (χ0) is 11.5. The molecule has 2 atom stereocenters. The Morgan fingerprint density at radius 1 is 1.56 bits per heavy atom. The summed E-state index contributed by atoms with van der Waals surface area (Å²) in [7, 11) is 0. The van der Waals surface area contributed by atoms with E-state index in [9.17, 15) is 4.79 Å². The van der Waals surface area contributed by atoms with Gasteiger partial charge in [-0.15, -0.1) is 6.58 Å². The standard InChI is InChI=1S/C13H14ClNO/c1-2-7-15-13(16)11-8-10(11)9-5-3-4-6-12(9)14/h2-6,10-11H,1,7-8H2,(H,15,16). The van der Waals surface area contributed by atoms with Crippen molar-refractivity contribution in [3.63, 3.8) is 0 Å². The summed E-state index contributed by atoms with van der Waals surface area (Å²) in [6.45, 7) is 4.10. The van der Waals surface area contributed by atoms with Crippen LogP contribution in [0, 0.1) is 5.92 Å². The number of amides is 1. The van der Waals surface area contributed by atoms with E-state index in [1.165, 1.54) is 0 Å². The number of hydrogen-bond acceptors (Lipinski definition) is 1. The molecule has 2 unspecified atom stereocenters. The fourth-order valence-corrected chi connectivity index (χ4v) is 2.18. The van der Waals surface area contributed by atoms with Crippen LogP contribution in [-0.4, -0.2) is 12.5 Å². The molecule has 84 valence electrons. The second kappa shape index (κ2) is 4.71. The van der Waals surface area contributed by atoms with Gasteiger partial charge in [-0.3, -0.25) is 4.79 Å². The van der Waals surface area contributed by atoms with E-state index < -0.39 is 0 Å². The molecule has 16 heavy (non-hydrogen) atoms. The lowest BCUT2D eigenvalue weighted by Crippen LogP contribution is -2.25. The van der Waals surface area contributed by atoms with Crippen LogP contribution >= 0.6 is 11.6 Å². The third kappa shape index (κ3) is 2.27. The van der Waals surface area contributed by atoms with Crippen molar-refractivity contribution in [2.75, 3.05) is 6.54 Å². The zero-order valence-electron chi connectivity index (χ0n) is 8.95. The predicted molar refractivity (Wildman–Crippen MR) is 65.5 cm³/mol. The Kier molecular flexibility index (Phi) is 3.30. The van der Waals surface area contributed by atoms with Crippen molar-refractivity contribution < 1.29 is 4.79 Å². The molecule has 0 bridgehead atoms. The van der Waals surface area contributed by atoms with Crippen molar-refractivity contribution in [1.82, 2.24) is 5.32 Å². The Morgan fingerprint density at radius 2 is 2.31 bits per heavy atom. The highest BCUT2D eigenvalue weighted by molar-refractivity contribution is 6.31. The normalized spacial score (nSPS) is 22.6. The monoisotopic (exact) mass is 235 g/mol. The van der Waals surface area contributed by atoms with Gasteiger partial charge in [0.1, 0.15) is 0 Å². The molecule has 0 saturated heterocycles. The predicted octanol–water partition coefficient (Wildman–Crippen LogP) is 2.75. The van der Waals surface area contributed by atoms with Crippen LogP contribution in [0.3, 0.4) is 0 Å². The van der Waals surface area contributed by atoms with E-state index in [2.05, 4.69) is 11.9 Å². The average molecular weight is 236 g/mol. The molecule has 3 heteroatoms. The highest BCUT2D eigenvalue weighted by Gasteiger charge is 2.44. The minimum Gasteiger partial charge on any atom is -0.352 e. The van der Waals surface area contributed by atoms with E-state index >= 15 is 0 Å². The first-order valence-electron chi connectivity index (χ1n) is 5.37. The van der Waals surface area contributed by atoms with Crippen molar-refractivity contribution >= 4 is 17.5 Å². The number of hydrogen-bond donors (Lipinski definition) is 1. The summed E-state index contributed by atoms with van der Waals surface area (Å²) in [6.07, 6.45) is 2.58. The van der Waals surface area contributed by atoms with Crippen LogP contribution in [0.4, 0.5) is 0 Å². The second-order valence-corrected chi connectivity index (χ2v) is 4.41. The van der Waals surface area contributed by atoms with E-state index in [-0.39, 0.29) is 11.8 Å². The second-order valence-electron chi connectivity index (χ2n) is 4.00. The lowest BCUT2D eigenvalue weighted by molar-refractivity contribution is -0.122. The molecular weight excluding hydrogens is 222 g/mol. The molecule has 0 radical (unpaired) electrons. The third-order valence-electron chi connectivity index (χ3n) is 2.85. The smallest absolute Gasteiger partial charge is 0.223 e. The summed E-state index contributed by atoms with van der Waals surface area (Å²) in [5, 5.41) is 3.57. The maximum Gasteiger partial charge on any atom is 0.223 e. The molecule has 1 aromatic carbocycles. The molecule has 1 amide bonds. The van der Waals surface area contributed by atoms with Gasteiger partial charge in [-0.25, -0.2) is 0 Å². The van der Waals surface area contributed by atoms with Gasteiger partial charge in [-0.1, -0.05) is 35.9 Å². The third-order valence-corrected chi connectivity index (χ3v) is 3.20. The molecule has 1 aliphatic carbocycles. The molecule has 0 aliphatic heterocycles. The van der Waals surface area contributed by atoms with Crippen LogP contribution in [0.25, 0.3) is 0 Å². The summed E-state index contributed by atoms with van der Waals surface area (Å²) in [5.74, 6) is 0.475. The minimum atomic E-state index is 0.0832. The van der Waals surface area contributed by atoms with Gasteiger partial charge in [0.2, 0.25) is 5.91 Å². The largest absolute Gasteiger partial charge is 0.352 e. The fourth-order valence-electron chi connectivity index (χ4n) is 1.91. The van der Waals surface area contributed by atoms with Gasteiger partial charge < -0.3 is 5.32 Å². The Morgan fingerprint density at radius 3 is 3.00 bits per heavy atom. The Hall–Kier alpha value is -1.28. The van der Waals surface area contributed by atoms with Crippen LogP contribution in [-0.2, 0) is 4.79 Å². The van der Waals surface area contributed by atoms with Crippen molar-refractivity contribution in [3.05, 3.63) is 47.5 Å². The summed E-state index contributed by atoms with van der Waals surface area (Å²) in [4.78, 5) is 11.7. The summed E-state index contributed by atoms with van der Waals surface area (Å²) < 4.78 is 0. The maximum atomic E-state index is 11.7. The van der Waals surface area contributed by atoms with E-state index in [0.717, 1.165) is 17.0 Å². The lowest BCUT2D eigenvalue weighted by atomic mass is 10.1. The van der Waals surface area contributed by atoms with Gasteiger partial charge >= 0.3 is 0 Å². The van der Waals surface area contributed by atoms with Crippen molar-refractivity contribution in [2.24, 2.45) is 5.92 Å². The maximum absolute atomic E-state index is 11.7. The highest BCUT2D eigenvalue weighted by Crippen LogP contribution is 2.49. The Balaban J connectivity index is 1.99. The number of carbonyl (C=O) groups excluding carboxylic acids is 1. The number of nitrogens with one attached hydrogen (secondary N) is 1. The molecule has 2 nitrogen and oxygen atoms in total. The first-order valence-corrected chi connectivity index (χ1v) is 5.75. The number of benzene rings is 1. The van der Waals surface area contributed by atoms with Gasteiger partial charge in [0.05, 0.1) is 0 Å². The molecule has 1 N–H and O–H groups in total. The summed E-state index contributed by atoms with van der Waals surface area (Å²) in [6, 6.07) is 7.72. The van der Waals surface area contributed by atoms with Gasteiger partial charge in [0.25, 0.3) is 0 Å². The quantitative estimate of drug-likeness (QED) is 0.799. The van der Waals surface area contributed by atoms with E-state index in [4.69, 9.17) is 11.6 Å². The molecule has 1 fully saturated rings. The first-order chi connectivity index (χ1) is 7.74. The summed E-state index contributed by atoms with van der Waals surface area (Å²) in [5.41, 5.74) is 1.09.